The van der Waals surface area contributed by atoms with Gasteiger partial charge in [0.2, 0.25) is 10.0 Å². The van der Waals surface area contributed by atoms with Gasteiger partial charge in [0.1, 0.15) is 0 Å². The highest BCUT2D eigenvalue weighted by Crippen LogP contribution is 2.40. The van der Waals surface area contributed by atoms with Crippen LogP contribution in [0.15, 0.2) is 33.3 Å². The smallest absolute Gasteiger partial charge is 0.207 e. The molecule has 0 bridgehead atoms. The molecule has 2 aliphatic heterocycles. The SMILES string of the molecule is Cc1c(Cl)cccc1S(=O)(=O)N1CCC2(CC1)N=N2. The maximum absolute atomic E-state index is 12.6. The van der Waals surface area contributed by atoms with Crippen molar-refractivity contribution in [2.24, 2.45) is 10.2 Å². The lowest BCUT2D eigenvalue weighted by atomic mass is 10.0. The highest BCUT2D eigenvalue weighted by Gasteiger charge is 2.45. The van der Waals surface area contributed by atoms with E-state index in [1.54, 1.807) is 25.1 Å². The minimum atomic E-state index is -3.47. The van der Waals surface area contributed by atoms with Gasteiger partial charge >= 0.3 is 0 Å². The van der Waals surface area contributed by atoms with Crippen molar-refractivity contribution in [1.29, 1.82) is 0 Å². The number of hydrogen-bond donors (Lipinski definition) is 0. The molecule has 0 aromatic heterocycles. The molecule has 0 atom stereocenters. The van der Waals surface area contributed by atoms with Crippen LogP contribution < -0.4 is 0 Å². The fourth-order valence-corrected chi connectivity index (χ4v) is 4.28. The van der Waals surface area contributed by atoms with Crippen molar-refractivity contribution in [2.75, 3.05) is 13.1 Å². The molecule has 19 heavy (non-hydrogen) atoms. The van der Waals surface area contributed by atoms with Gasteiger partial charge in [0.15, 0.2) is 5.66 Å². The molecule has 2 aliphatic rings. The molecule has 1 spiro atoms. The minimum Gasteiger partial charge on any atom is -0.207 e. The molecule has 0 N–H and O–H groups in total. The highest BCUT2D eigenvalue weighted by atomic mass is 35.5. The summed E-state index contributed by atoms with van der Waals surface area (Å²) < 4.78 is 26.7. The van der Waals surface area contributed by atoms with E-state index in [2.05, 4.69) is 10.2 Å². The van der Waals surface area contributed by atoms with E-state index in [0.717, 1.165) is 0 Å². The van der Waals surface area contributed by atoms with Crippen LogP contribution in [-0.2, 0) is 10.0 Å². The van der Waals surface area contributed by atoms with Crippen LogP contribution in [-0.4, -0.2) is 31.5 Å². The standard InChI is InChI=1S/C12H14ClN3O2S/c1-9-10(13)3-2-4-11(9)19(17,18)16-7-5-12(6-8-16)14-15-12/h2-4H,5-8H2,1H3. The van der Waals surface area contributed by atoms with Crippen LogP contribution in [0, 0.1) is 6.92 Å². The summed E-state index contributed by atoms with van der Waals surface area (Å²) in [5, 5.41) is 8.47. The molecule has 0 radical (unpaired) electrons. The van der Waals surface area contributed by atoms with Gasteiger partial charge < -0.3 is 0 Å². The topological polar surface area (TPSA) is 62.1 Å². The average Bonchev–Trinajstić information content (AvgIpc) is 3.12. The zero-order valence-corrected chi connectivity index (χ0v) is 12.1. The third-order valence-electron chi connectivity index (χ3n) is 3.74. The monoisotopic (exact) mass is 299 g/mol. The van der Waals surface area contributed by atoms with Crippen LogP contribution in [0.4, 0.5) is 0 Å². The van der Waals surface area contributed by atoms with E-state index in [-0.39, 0.29) is 5.66 Å². The van der Waals surface area contributed by atoms with E-state index < -0.39 is 10.0 Å². The first-order valence-corrected chi connectivity index (χ1v) is 7.96. The molecule has 1 saturated heterocycles. The van der Waals surface area contributed by atoms with Crippen molar-refractivity contribution in [3.8, 4) is 0 Å². The second-order valence-corrected chi connectivity index (χ2v) is 7.26. The van der Waals surface area contributed by atoms with Gasteiger partial charge in [-0.05, 0) is 24.6 Å². The highest BCUT2D eigenvalue weighted by molar-refractivity contribution is 7.89. The fourth-order valence-electron chi connectivity index (χ4n) is 2.36. The zero-order valence-electron chi connectivity index (χ0n) is 10.5. The molecule has 1 aromatic rings. The third-order valence-corrected chi connectivity index (χ3v) is 6.19. The number of rotatable bonds is 2. The average molecular weight is 300 g/mol. The Bertz CT molecular complexity index is 641. The maximum atomic E-state index is 12.6. The summed E-state index contributed by atoms with van der Waals surface area (Å²) in [6, 6.07) is 4.97. The Balaban J connectivity index is 1.88. The summed E-state index contributed by atoms with van der Waals surface area (Å²) in [5.74, 6) is 0. The predicted molar refractivity (Wildman–Crippen MR) is 71.8 cm³/mol. The molecule has 7 heteroatoms. The van der Waals surface area contributed by atoms with E-state index in [9.17, 15) is 8.42 Å². The molecule has 0 unspecified atom stereocenters. The van der Waals surface area contributed by atoms with E-state index in [1.165, 1.54) is 4.31 Å². The van der Waals surface area contributed by atoms with Crippen molar-refractivity contribution in [1.82, 2.24) is 4.31 Å². The number of hydrogen-bond acceptors (Lipinski definition) is 4. The van der Waals surface area contributed by atoms with Gasteiger partial charge in [-0.1, -0.05) is 17.7 Å². The fraction of sp³-hybridized carbons (Fsp3) is 0.500. The summed E-state index contributed by atoms with van der Waals surface area (Å²) in [4.78, 5) is 0.292. The first kappa shape index (κ1) is 13.0. The quantitative estimate of drug-likeness (QED) is 0.842. The number of halogens is 1. The molecule has 1 aromatic carbocycles. The van der Waals surface area contributed by atoms with E-state index in [0.29, 0.717) is 41.4 Å². The molecule has 102 valence electrons. The van der Waals surface area contributed by atoms with Crippen LogP contribution >= 0.6 is 11.6 Å². The van der Waals surface area contributed by atoms with Crippen LogP contribution in [0.5, 0.6) is 0 Å². The summed E-state index contributed by atoms with van der Waals surface area (Å²) in [7, 11) is -3.47. The molecular weight excluding hydrogens is 286 g/mol. The van der Waals surface area contributed by atoms with Gasteiger partial charge in [0, 0.05) is 31.0 Å². The Labute approximate surface area is 117 Å². The van der Waals surface area contributed by atoms with Crippen molar-refractivity contribution >= 4 is 21.6 Å². The Morgan fingerprint density at radius 3 is 2.47 bits per heavy atom. The Hall–Kier alpha value is -0.980. The zero-order chi connectivity index (χ0) is 13.7. The molecule has 1 fully saturated rings. The normalized spacial score (nSPS) is 21.8. The van der Waals surface area contributed by atoms with E-state index in [4.69, 9.17) is 11.6 Å². The molecule has 2 heterocycles. The van der Waals surface area contributed by atoms with Crippen molar-refractivity contribution in [3.63, 3.8) is 0 Å². The van der Waals surface area contributed by atoms with Crippen LogP contribution in [0.25, 0.3) is 0 Å². The lowest BCUT2D eigenvalue weighted by molar-refractivity contribution is 0.295. The number of nitrogens with zero attached hydrogens (tertiary/aromatic N) is 3. The summed E-state index contributed by atoms with van der Waals surface area (Å²) in [5.41, 5.74) is 0.334. The van der Waals surface area contributed by atoms with Gasteiger partial charge in [-0.2, -0.15) is 14.5 Å². The minimum absolute atomic E-state index is 0.268. The number of sulfonamides is 1. The maximum Gasteiger partial charge on any atom is 0.243 e. The summed E-state index contributed by atoms with van der Waals surface area (Å²) in [6.07, 6.45) is 1.34. The second-order valence-electron chi connectivity index (χ2n) is 4.95. The molecule has 0 amide bonds. The molecule has 3 rings (SSSR count). The van der Waals surface area contributed by atoms with Crippen molar-refractivity contribution < 1.29 is 8.42 Å². The van der Waals surface area contributed by atoms with E-state index in [1.807, 2.05) is 0 Å². The summed E-state index contributed by atoms with van der Waals surface area (Å²) in [6.45, 7) is 2.65. The van der Waals surface area contributed by atoms with Crippen molar-refractivity contribution in [3.05, 3.63) is 28.8 Å². The van der Waals surface area contributed by atoms with Gasteiger partial charge in [-0.3, -0.25) is 0 Å². The van der Waals surface area contributed by atoms with Gasteiger partial charge in [-0.15, -0.1) is 0 Å². The van der Waals surface area contributed by atoms with Crippen LogP contribution in [0.2, 0.25) is 5.02 Å². The molecule has 0 saturated carbocycles. The first-order valence-electron chi connectivity index (χ1n) is 6.14. The third kappa shape index (κ3) is 2.17. The van der Waals surface area contributed by atoms with Crippen LogP contribution in [0.3, 0.4) is 0 Å². The largest absolute Gasteiger partial charge is 0.243 e. The Morgan fingerprint density at radius 1 is 1.26 bits per heavy atom. The number of benzene rings is 1. The Morgan fingerprint density at radius 2 is 1.89 bits per heavy atom. The lowest BCUT2D eigenvalue weighted by Crippen LogP contribution is -2.41. The lowest BCUT2D eigenvalue weighted by Gasteiger charge is -2.29. The van der Waals surface area contributed by atoms with Gasteiger partial charge in [-0.25, -0.2) is 8.42 Å². The van der Waals surface area contributed by atoms with Gasteiger partial charge in [0.25, 0.3) is 0 Å². The first-order chi connectivity index (χ1) is 8.95. The van der Waals surface area contributed by atoms with Crippen LogP contribution in [0.1, 0.15) is 18.4 Å². The molecular formula is C12H14ClN3O2S. The predicted octanol–water partition coefficient (Wildman–Crippen LogP) is 2.60. The number of piperidine rings is 1. The van der Waals surface area contributed by atoms with Crippen molar-refractivity contribution in [2.45, 2.75) is 30.3 Å². The summed E-state index contributed by atoms with van der Waals surface area (Å²) >= 11 is 6.00. The van der Waals surface area contributed by atoms with E-state index >= 15 is 0 Å². The second kappa shape index (κ2) is 4.26. The molecule has 5 nitrogen and oxygen atoms in total. The Kier molecular flexibility index (Phi) is 2.92. The van der Waals surface area contributed by atoms with Gasteiger partial charge in [0.05, 0.1) is 4.90 Å². The molecule has 0 aliphatic carbocycles.